The third kappa shape index (κ3) is 5.05. The second-order valence-electron chi connectivity index (χ2n) is 6.83. The minimum absolute atomic E-state index is 0.213. The molecule has 8 nitrogen and oxygen atoms in total. The average Bonchev–Trinajstić information content (AvgIpc) is 2.73. The van der Waals surface area contributed by atoms with Crippen molar-refractivity contribution in [1.29, 1.82) is 0 Å². The number of nitrogens with two attached hydrogens (primary N) is 1. The summed E-state index contributed by atoms with van der Waals surface area (Å²) in [7, 11) is -2.04. The zero-order valence-corrected chi connectivity index (χ0v) is 18.0. The van der Waals surface area contributed by atoms with Gasteiger partial charge in [-0.05, 0) is 56.3 Å². The van der Waals surface area contributed by atoms with Gasteiger partial charge in [-0.15, -0.1) is 0 Å². The maximum Gasteiger partial charge on any atom is 0.240 e. The molecule has 0 amide bonds. The summed E-state index contributed by atoms with van der Waals surface area (Å²) in [5.41, 5.74) is 10.9. The Morgan fingerprint density at radius 1 is 0.967 bits per heavy atom. The molecule has 0 fully saturated rings. The summed E-state index contributed by atoms with van der Waals surface area (Å²) in [6, 6.07) is 14.5. The predicted molar refractivity (Wildman–Crippen MR) is 121 cm³/mol. The molecule has 9 heteroatoms. The van der Waals surface area contributed by atoms with Crippen LogP contribution in [0, 0.1) is 13.8 Å². The first-order chi connectivity index (χ1) is 14.3. The Balaban J connectivity index is 1.62. The number of rotatable bonds is 8. The number of nitrogens with zero attached hydrogens (tertiary/aromatic N) is 2. The van der Waals surface area contributed by atoms with Crippen LogP contribution in [0.15, 0.2) is 53.4 Å². The number of hydrogen-bond acceptors (Lipinski definition) is 7. The SMILES string of the molecule is CNS(=O)(=O)c1ccc(NCCNc2cc(-c3cccc(C)c3C)nc(N)n2)cc1. The Bertz CT molecular complexity index is 1130. The van der Waals surface area contributed by atoms with Gasteiger partial charge in [0.25, 0.3) is 0 Å². The van der Waals surface area contributed by atoms with Crippen LogP contribution < -0.4 is 21.1 Å². The van der Waals surface area contributed by atoms with Crippen LogP contribution in [0.3, 0.4) is 0 Å². The van der Waals surface area contributed by atoms with Gasteiger partial charge in [-0.25, -0.2) is 18.1 Å². The van der Waals surface area contributed by atoms with Gasteiger partial charge in [0.05, 0.1) is 10.6 Å². The van der Waals surface area contributed by atoms with Crippen LogP contribution in [-0.4, -0.2) is 38.5 Å². The molecule has 0 saturated carbocycles. The van der Waals surface area contributed by atoms with E-state index in [0.29, 0.717) is 18.9 Å². The predicted octanol–water partition coefficient (Wildman–Crippen LogP) is 2.77. The van der Waals surface area contributed by atoms with Crippen molar-refractivity contribution >= 4 is 27.5 Å². The maximum absolute atomic E-state index is 11.8. The van der Waals surface area contributed by atoms with E-state index >= 15 is 0 Å². The molecule has 3 rings (SSSR count). The lowest BCUT2D eigenvalue weighted by atomic mass is 10.0. The molecule has 0 aliphatic carbocycles. The van der Waals surface area contributed by atoms with Gasteiger partial charge in [-0.1, -0.05) is 18.2 Å². The van der Waals surface area contributed by atoms with Crippen molar-refractivity contribution in [2.45, 2.75) is 18.7 Å². The maximum atomic E-state index is 11.8. The van der Waals surface area contributed by atoms with Crippen LogP contribution in [0.2, 0.25) is 0 Å². The van der Waals surface area contributed by atoms with Crippen LogP contribution in [0.1, 0.15) is 11.1 Å². The van der Waals surface area contributed by atoms with E-state index in [9.17, 15) is 8.42 Å². The zero-order valence-electron chi connectivity index (χ0n) is 17.2. The lowest BCUT2D eigenvalue weighted by Gasteiger charge is -2.12. The summed E-state index contributed by atoms with van der Waals surface area (Å²) >= 11 is 0. The average molecular weight is 427 g/mol. The minimum atomic E-state index is -3.43. The number of anilines is 3. The molecule has 3 aromatic rings. The van der Waals surface area contributed by atoms with E-state index in [-0.39, 0.29) is 10.8 Å². The Morgan fingerprint density at radius 3 is 2.37 bits per heavy atom. The molecule has 0 aliphatic heterocycles. The van der Waals surface area contributed by atoms with Crippen LogP contribution >= 0.6 is 0 Å². The number of hydrogen-bond donors (Lipinski definition) is 4. The second-order valence-corrected chi connectivity index (χ2v) is 8.72. The molecule has 0 atom stereocenters. The van der Waals surface area contributed by atoms with E-state index < -0.39 is 10.0 Å². The number of nitrogens with one attached hydrogen (secondary N) is 3. The van der Waals surface area contributed by atoms with E-state index in [1.54, 1.807) is 24.3 Å². The van der Waals surface area contributed by atoms with Crippen molar-refractivity contribution in [3.8, 4) is 11.3 Å². The Kier molecular flexibility index (Phi) is 6.53. The van der Waals surface area contributed by atoms with Gasteiger partial charge < -0.3 is 16.4 Å². The van der Waals surface area contributed by atoms with Gasteiger partial charge in [0.2, 0.25) is 16.0 Å². The van der Waals surface area contributed by atoms with E-state index in [1.807, 2.05) is 18.2 Å². The molecule has 0 bridgehead atoms. The number of aryl methyl sites for hydroxylation is 1. The van der Waals surface area contributed by atoms with Crippen molar-refractivity contribution in [3.05, 3.63) is 59.7 Å². The third-order valence-corrected chi connectivity index (χ3v) is 6.25. The summed E-state index contributed by atoms with van der Waals surface area (Å²) in [4.78, 5) is 8.86. The number of aromatic nitrogens is 2. The number of nitrogen functional groups attached to an aromatic ring is 1. The molecule has 0 spiro atoms. The molecule has 0 aliphatic rings. The normalized spacial score (nSPS) is 11.3. The van der Waals surface area contributed by atoms with Crippen LogP contribution in [0.25, 0.3) is 11.3 Å². The molecule has 1 aromatic heterocycles. The van der Waals surface area contributed by atoms with Gasteiger partial charge in [0.1, 0.15) is 5.82 Å². The fourth-order valence-electron chi connectivity index (χ4n) is 2.99. The van der Waals surface area contributed by atoms with Crippen LogP contribution in [0.5, 0.6) is 0 Å². The summed E-state index contributed by atoms with van der Waals surface area (Å²) in [5, 5.41) is 6.48. The van der Waals surface area contributed by atoms with E-state index in [0.717, 1.165) is 22.5 Å². The second kappa shape index (κ2) is 9.10. The molecule has 0 radical (unpaired) electrons. The lowest BCUT2D eigenvalue weighted by molar-refractivity contribution is 0.588. The standard InChI is InChI=1S/C21H26N6O2S/c1-14-5-4-6-18(15(14)2)19-13-20(27-21(22)26-19)25-12-11-24-16-7-9-17(10-8-16)30(28,29)23-3/h4-10,13,23-24H,11-12H2,1-3H3,(H3,22,25,26,27). The highest BCUT2D eigenvalue weighted by atomic mass is 32.2. The molecule has 30 heavy (non-hydrogen) atoms. The summed E-state index contributed by atoms with van der Waals surface area (Å²) < 4.78 is 25.8. The quantitative estimate of drug-likeness (QED) is 0.409. The lowest BCUT2D eigenvalue weighted by Crippen LogP contribution is -2.18. The Morgan fingerprint density at radius 2 is 1.67 bits per heavy atom. The summed E-state index contributed by atoms with van der Waals surface area (Å²) in [5.74, 6) is 0.862. The largest absolute Gasteiger partial charge is 0.383 e. The van der Waals surface area contributed by atoms with Crippen molar-refractivity contribution in [3.63, 3.8) is 0 Å². The summed E-state index contributed by atoms with van der Waals surface area (Å²) in [6.45, 7) is 5.34. The zero-order chi connectivity index (χ0) is 21.7. The summed E-state index contributed by atoms with van der Waals surface area (Å²) in [6.07, 6.45) is 0. The molecule has 2 aromatic carbocycles. The Labute approximate surface area is 177 Å². The van der Waals surface area contributed by atoms with Crippen molar-refractivity contribution in [1.82, 2.24) is 14.7 Å². The first-order valence-electron chi connectivity index (χ1n) is 9.52. The van der Waals surface area contributed by atoms with Crippen LogP contribution in [0.4, 0.5) is 17.5 Å². The molecule has 5 N–H and O–H groups in total. The molecule has 0 saturated heterocycles. The van der Waals surface area contributed by atoms with Crippen molar-refractivity contribution < 1.29 is 8.42 Å². The van der Waals surface area contributed by atoms with Gasteiger partial charge in [-0.3, -0.25) is 0 Å². The van der Waals surface area contributed by atoms with Gasteiger partial charge in [0.15, 0.2) is 0 Å². The number of benzene rings is 2. The smallest absolute Gasteiger partial charge is 0.240 e. The van der Waals surface area contributed by atoms with Gasteiger partial charge in [0, 0.05) is 30.4 Å². The highest BCUT2D eigenvalue weighted by Crippen LogP contribution is 2.26. The third-order valence-electron chi connectivity index (χ3n) is 4.82. The molecule has 158 valence electrons. The van der Waals surface area contributed by atoms with Crippen molar-refractivity contribution in [2.24, 2.45) is 0 Å². The molecule has 0 unspecified atom stereocenters. The van der Waals surface area contributed by atoms with Gasteiger partial charge in [-0.2, -0.15) is 4.98 Å². The first kappa shape index (κ1) is 21.5. The fourth-order valence-corrected chi connectivity index (χ4v) is 3.72. The molecular weight excluding hydrogens is 400 g/mol. The molecule has 1 heterocycles. The monoisotopic (exact) mass is 426 g/mol. The van der Waals surface area contributed by atoms with Crippen molar-refractivity contribution in [2.75, 3.05) is 36.5 Å². The first-order valence-corrected chi connectivity index (χ1v) is 11.0. The van der Waals surface area contributed by atoms with Crippen LogP contribution in [-0.2, 0) is 10.0 Å². The topological polar surface area (TPSA) is 122 Å². The Hall–Kier alpha value is -3.17. The highest BCUT2D eigenvalue weighted by molar-refractivity contribution is 7.89. The highest BCUT2D eigenvalue weighted by Gasteiger charge is 2.11. The van der Waals surface area contributed by atoms with E-state index in [2.05, 4.69) is 45.2 Å². The van der Waals surface area contributed by atoms with E-state index in [1.165, 1.54) is 12.6 Å². The van der Waals surface area contributed by atoms with Gasteiger partial charge >= 0.3 is 0 Å². The number of sulfonamides is 1. The van der Waals surface area contributed by atoms with E-state index in [4.69, 9.17) is 5.73 Å². The fraction of sp³-hybridized carbons (Fsp3) is 0.238. The molecular formula is C21H26N6O2S. The minimum Gasteiger partial charge on any atom is -0.383 e.